The first-order chi connectivity index (χ1) is 7.37. The fourth-order valence-corrected chi connectivity index (χ4v) is 2.52. The quantitative estimate of drug-likeness (QED) is 0.798. The van der Waals surface area contributed by atoms with Crippen molar-refractivity contribution in [2.24, 2.45) is 17.1 Å². The van der Waals surface area contributed by atoms with Crippen LogP contribution in [0.1, 0.15) is 53.4 Å². The number of hydrogen-bond acceptors (Lipinski definition) is 2. The first-order valence-electron chi connectivity index (χ1n) is 6.85. The van der Waals surface area contributed by atoms with Crippen molar-refractivity contribution < 1.29 is 0 Å². The molecular weight excluding hydrogens is 196 g/mol. The average molecular weight is 226 g/mol. The smallest absolute Gasteiger partial charge is 0.00559 e. The lowest BCUT2D eigenvalue weighted by molar-refractivity contribution is 0.182. The molecule has 16 heavy (non-hydrogen) atoms. The van der Waals surface area contributed by atoms with Crippen molar-refractivity contribution >= 4 is 0 Å². The fourth-order valence-electron chi connectivity index (χ4n) is 2.52. The second kappa shape index (κ2) is 6.02. The van der Waals surface area contributed by atoms with Gasteiger partial charge in [0.25, 0.3) is 0 Å². The summed E-state index contributed by atoms with van der Waals surface area (Å²) in [6, 6.07) is 0.374. The van der Waals surface area contributed by atoms with Gasteiger partial charge in [0.1, 0.15) is 0 Å². The lowest BCUT2D eigenvalue weighted by Crippen LogP contribution is -2.37. The summed E-state index contributed by atoms with van der Waals surface area (Å²) >= 11 is 0. The van der Waals surface area contributed by atoms with Crippen molar-refractivity contribution in [3.05, 3.63) is 0 Å². The van der Waals surface area contributed by atoms with Crippen LogP contribution in [-0.4, -0.2) is 30.6 Å². The molecule has 1 atom stereocenters. The van der Waals surface area contributed by atoms with Gasteiger partial charge in [-0.2, -0.15) is 0 Å². The summed E-state index contributed by atoms with van der Waals surface area (Å²) in [7, 11) is 0. The zero-order valence-electron chi connectivity index (χ0n) is 11.6. The standard InChI is InChI=1S/C14H30N2/c1-12-5-8-16(9-6-12)10-7-13(15)11-14(2,3)4/h12-13H,5-11,15H2,1-4H3. The third kappa shape index (κ3) is 5.86. The Morgan fingerprint density at radius 2 is 1.81 bits per heavy atom. The first-order valence-corrected chi connectivity index (χ1v) is 6.85. The van der Waals surface area contributed by atoms with Crippen LogP contribution >= 0.6 is 0 Å². The van der Waals surface area contributed by atoms with E-state index in [1.807, 2.05) is 0 Å². The van der Waals surface area contributed by atoms with Gasteiger partial charge in [-0.25, -0.2) is 0 Å². The molecule has 0 aromatic heterocycles. The van der Waals surface area contributed by atoms with Crippen molar-refractivity contribution in [1.82, 2.24) is 4.90 Å². The lowest BCUT2D eigenvalue weighted by Gasteiger charge is -2.31. The molecule has 0 saturated carbocycles. The summed E-state index contributed by atoms with van der Waals surface area (Å²) in [5.41, 5.74) is 6.55. The Morgan fingerprint density at radius 1 is 1.25 bits per heavy atom. The maximum absolute atomic E-state index is 6.18. The van der Waals surface area contributed by atoms with Crippen molar-refractivity contribution in [3.63, 3.8) is 0 Å². The molecule has 0 radical (unpaired) electrons. The highest BCUT2D eigenvalue weighted by molar-refractivity contribution is 4.75. The van der Waals surface area contributed by atoms with E-state index >= 15 is 0 Å². The normalized spacial score (nSPS) is 22.3. The number of piperidine rings is 1. The molecule has 1 saturated heterocycles. The molecule has 1 fully saturated rings. The van der Waals surface area contributed by atoms with Crippen molar-refractivity contribution in [2.45, 2.75) is 59.4 Å². The van der Waals surface area contributed by atoms with E-state index in [0.29, 0.717) is 11.5 Å². The molecule has 2 N–H and O–H groups in total. The van der Waals surface area contributed by atoms with E-state index in [-0.39, 0.29) is 0 Å². The van der Waals surface area contributed by atoms with Crippen LogP contribution < -0.4 is 5.73 Å². The molecular formula is C14H30N2. The Bertz CT molecular complexity index is 187. The molecule has 1 rings (SSSR count). The molecule has 0 bridgehead atoms. The van der Waals surface area contributed by atoms with Crippen LogP contribution in [0.5, 0.6) is 0 Å². The third-order valence-corrected chi connectivity index (χ3v) is 3.57. The molecule has 0 aliphatic carbocycles. The van der Waals surface area contributed by atoms with Crippen molar-refractivity contribution in [3.8, 4) is 0 Å². The molecule has 1 heterocycles. The van der Waals surface area contributed by atoms with Crippen LogP contribution in [0.25, 0.3) is 0 Å². The van der Waals surface area contributed by atoms with Gasteiger partial charge in [0.05, 0.1) is 0 Å². The third-order valence-electron chi connectivity index (χ3n) is 3.57. The average Bonchev–Trinajstić information content (AvgIpc) is 2.14. The van der Waals surface area contributed by atoms with E-state index in [1.54, 1.807) is 0 Å². The zero-order chi connectivity index (χ0) is 12.2. The highest BCUT2D eigenvalue weighted by atomic mass is 15.1. The SMILES string of the molecule is CC1CCN(CCC(N)CC(C)(C)C)CC1. The van der Waals surface area contributed by atoms with E-state index in [0.717, 1.165) is 18.8 Å². The molecule has 0 spiro atoms. The lowest BCUT2D eigenvalue weighted by atomic mass is 9.87. The van der Waals surface area contributed by atoms with E-state index in [2.05, 4.69) is 32.6 Å². The van der Waals surface area contributed by atoms with Gasteiger partial charge >= 0.3 is 0 Å². The minimum Gasteiger partial charge on any atom is -0.328 e. The summed E-state index contributed by atoms with van der Waals surface area (Å²) in [5, 5.41) is 0. The molecule has 0 aromatic carbocycles. The molecule has 1 unspecified atom stereocenters. The zero-order valence-corrected chi connectivity index (χ0v) is 11.6. The van der Waals surface area contributed by atoms with Gasteiger partial charge in [-0.15, -0.1) is 0 Å². The Balaban J connectivity index is 2.14. The number of nitrogens with zero attached hydrogens (tertiary/aromatic N) is 1. The Hall–Kier alpha value is -0.0800. The van der Waals surface area contributed by atoms with Gasteiger partial charge in [0.2, 0.25) is 0 Å². The van der Waals surface area contributed by atoms with Gasteiger partial charge in [0, 0.05) is 6.04 Å². The Kier molecular flexibility index (Phi) is 5.26. The molecule has 0 amide bonds. The molecule has 0 aromatic rings. The first kappa shape index (κ1) is 14.0. The highest BCUT2D eigenvalue weighted by Gasteiger charge is 2.18. The monoisotopic (exact) mass is 226 g/mol. The molecule has 96 valence electrons. The van der Waals surface area contributed by atoms with E-state index in [4.69, 9.17) is 5.73 Å². The predicted octanol–water partition coefficient (Wildman–Crippen LogP) is 2.87. The molecule has 1 aliphatic rings. The summed E-state index contributed by atoms with van der Waals surface area (Å²) in [5.74, 6) is 0.930. The van der Waals surface area contributed by atoms with Crippen LogP contribution in [0.4, 0.5) is 0 Å². The summed E-state index contributed by atoms with van der Waals surface area (Å²) in [6.45, 7) is 12.9. The second-order valence-corrected chi connectivity index (χ2v) is 6.84. The number of hydrogen-bond donors (Lipinski definition) is 1. The number of likely N-dealkylation sites (tertiary alicyclic amines) is 1. The van der Waals surface area contributed by atoms with Gasteiger partial charge in [-0.05, 0) is 56.7 Å². The maximum atomic E-state index is 6.18. The van der Waals surface area contributed by atoms with Crippen LogP contribution in [-0.2, 0) is 0 Å². The van der Waals surface area contributed by atoms with Gasteiger partial charge < -0.3 is 10.6 Å². The highest BCUT2D eigenvalue weighted by Crippen LogP contribution is 2.22. The van der Waals surface area contributed by atoms with E-state index < -0.39 is 0 Å². The minimum absolute atomic E-state index is 0.371. The molecule has 1 aliphatic heterocycles. The second-order valence-electron chi connectivity index (χ2n) is 6.84. The topological polar surface area (TPSA) is 29.3 Å². The van der Waals surface area contributed by atoms with Crippen molar-refractivity contribution in [1.29, 1.82) is 0 Å². The van der Waals surface area contributed by atoms with Gasteiger partial charge in [0.15, 0.2) is 0 Å². The summed E-state index contributed by atoms with van der Waals surface area (Å²) < 4.78 is 0. The Labute approximate surface area is 102 Å². The van der Waals surface area contributed by atoms with E-state index in [9.17, 15) is 0 Å². The predicted molar refractivity (Wildman–Crippen MR) is 71.5 cm³/mol. The van der Waals surface area contributed by atoms with Crippen LogP contribution in [0.15, 0.2) is 0 Å². The van der Waals surface area contributed by atoms with Gasteiger partial charge in [-0.1, -0.05) is 27.7 Å². The molecule has 2 nitrogen and oxygen atoms in total. The summed E-state index contributed by atoms with van der Waals surface area (Å²) in [6.07, 6.45) is 5.03. The van der Waals surface area contributed by atoms with Gasteiger partial charge in [-0.3, -0.25) is 0 Å². The summed E-state index contributed by atoms with van der Waals surface area (Å²) in [4.78, 5) is 2.59. The van der Waals surface area contributed by atoms with E-state index in [1.165, 1.54) is 32.5 Å². The van der Waals surface area contributed by atoms with Crippen LogP contribution in [0.3, 0.4) is 0 Å². The largest absolute Gasteiger partial charge is 0.328 e. The van der Waals surface area contributed by atoms with Crippen LogP contribution in [0, 0.1) is 11.3 Å². The maximum Gasteiger partial charge on any atom is 0.00559 e. The molecule has 2 heteroatoms. The minimum atomic E-state index is 0.371. The van der Waals surface area contributed by atoms with Crippen LogP contribution in [0.2, 0.25) is 0 Å². The number of rotatable bonds is 4. The van der Waals surface area contributed by atoms with Crippen molar-refractivity contribution in [2.75, 3.05) is 19.6 Å². The Morgan fingerprint density at radius 3 is 2.31 bits per heavy atom. The number of nitrogens with two attached hydrogens (primary N) is 1. The fraction of sp³-hybridized carbons (Fsp3) is 1.00.